The highest BCUT2D eigenvalue weighted by atomic mass is 15.4. The molecule has 0 radical (unpaired) electrons. The maximum absolute atomic E-state index is 5.76. The van der Waals surface area contributed by atoms with Crippen molar-refractivity contribution in [2.24, 2.45) is 0 Å². The van der Waals surface area contributed by atoms with E-state index in [0.29, 0.717) is 17.4 Å². The van der Waals surface area contributed by atoms with Gasteiger partial charge in [-0.25, -0.2) is 9.97 Å². The molecule has 3 N–H and O–H groups in total. The molecule has 3 aromatic rings. The predicted octanol–water partition coefficient (Wildman–Crippen LogP) is 0.429. The highest BCUT2D eigenvalue weighted by Crippen LogP contribution is 2.22. The Labute approximate surface area is 90.3 Å². The first-order chi connectivity index (χ1) is 7.77. The highest BCUT2D eigenvalue weighted by molar-refractivity contribution is 5.89. The largest absolute Gasteiger partial charge is 0.383 e. The van der Waals surface area contributed by atoms with Crippen molar-refractivity contribution in [3.8, 4) is 5.95 Å². The van der Waals surface area contributed by atoms with E-state index < -0.39 is 0 Å². The van der Waals surface area contributed by atoms with Crippen LogP contribution in [0, 0.1) is 6.92 Å². The van der Waals surface area contributed by atoms with Gasteiger partial charge in [0, 0.05) is 12.4 Å². The monoisotopic (exact) mass is 215 g/mol. The summed E-state index contributed by atoms with van der Waals surface area (Å²) in [6.07, 6.45) is 3.31. The molecule has 0 spiro atoms. The Kier molecular flexibility index (Phi) is 1.67. The number of nitrogens with one attached hydrogen (secondary N) is 1. The van der Waals surface area contributed by atoms with Crippen molar-refractivity contribution < 1.29 is 0 Å². The van der Waals surface area contributed by atoms with Gasteiger partial charge in [0.2, 0.25) is 0 Å². The van der Waals surface area contributed by atoms with Gasteiger partial charge in [-0.05, 0) is 13.0 Å². The van der Waals surface area contributed by atoms with Crippen molar-refractivity contribution in [3.63, 3.8) is 0 Å². The Morgan fingerprint density at radius 2 is 2.06 bits per heavy atom. The van der Waals surface area contributed by atoms with E-state index in [4.69, 9.17) is 5.73 Å². The number of aromatic amines is 1. The number of aryl methyl sites for hydroxylation is 1. The number of hydrogen-bond donors (Lipinski definition) is 2. The van der Waals surface area contributed by atoms with Crippen molar-refractivity contribution in [2.75, 3.05) is 5.73 Å². The van der Waals surface area contributed by atoms with Crippen LogP contribution in [0.25, 0.3) is 17.0 Å². The summed E-state index contributed by atoms with van der Waals surface area (Å²) in [6.45, 7) is 1.87. The summed E-state index contributed by atoms with van der Waals surface area (Å²) < 4.78 is 1.57. The lowest BCUT2D eigenvalue weighted by atomic mass is 10.3. The van der Waals surface area contributed by atoms with E-state index in [0.717, 1.165) is 11.1 Å². The number of hydrogen-bond acceptors (Lipinski definition) is 5. The Hall–Kier alpha value is -2.44. The van der Waals surface area contributed by atoms with E-state index in [1.54, 1.807) is 23.1 Å². The lowest BCUT2D eigenvalue weighted by Crippen LogP contribution is -2.02. The van der Waals surface area contributed by atoms with E-state index in [1.807, 2.05) is 6.92 Å². The van der Waals surface area contributed by atoms with Gasteiger partial charge in [0.25, 0.3) is 5.95 Å². The lowest BCUT2D eigenvalue weighted by Gasteiger charge is -1.96. The Bertz CT molecular complexity index is 636. The summed E-state index contributed by atoms with van der Waals surface area (Å²) in [4.78, 5) is 8.23. The van der Waals surface area contributed by atoms with Crippen LogP contribution in [-0.2, 0) is 0 Å². The Morgan fingerprint density at radius 1 is 1.31 bits per heavy atom. The van der Waals surface area contributed by atoms with Crippen molar-refractivity contribution >= 4 is 16.9 Å². The summed E-state index contributed by atoms with van der Waals surface area (Å²) in [6, 6.07) is 1.75. The van der Waals surface area contributed by atoms with Crippen LogP contribution in [0.2, 0.25) is 0 Å². The molecular formula is C9H9N7. The molecule has 3 heterocycles. The van der Waals surface area contributed by atoms with Gasteiger partial charge in [0.15, 0.2) is 5.65 Å². The third-order valence-electron chi connectivity index (χ3n) is 2.33. The number of fused-ring (bicyclic) bond motifs is 1. The normalized spacial score (nSPS) is 11.1. The van der Waals surface area contributed by atoms with E-state index in [9.17, 15) is 0 Å². The van der Waals surface area contributed by atoms with E-state index in [2.05, 4.69) is 25.3 Å². The minimum absolute atomic E-state index is 0.479. The second-order valence-corrected chi connectivity index (χ2v) is 3.38. The molecule has 7 nitrogen and oxygen atoms in total. The number of H-pyrrole nitrogens is 1. The van der Waals surface area contributed by atoms with Crippen molar-refractivity contribution in [1.29, 1.82) is 0 Å². The summed E-state index contributed by atoms with van der Waals surface area (Å²) >= 11 is 0. The molecule has 0 saturated carbocycles. The number of rotatable bonds is 1. The Balaban J connectivity index is 2.33. The molecule has 3 rings (SSSR count). The standard InChI is InChI=1S/C9H9N7/c1-5-6-7(10)13-14-8(6)16(15-5)9-11-3-2-4-12-9/h2-4H,1H3,(H3,10,13,14). The maximum Gasteiger partial charge on any atom is 0.252 e. The van der Waals surface area contributed by atoms with Crippen LogP contribution in [0.1, 0.15) is 5.69 Å². The molecular weight excluding hydrogens is 206 g/mol. The smallest absolute Gasteiger partial charge is 0.252 e. The quantitative estimate of drug-likeness (QED) is 0.613. The van der Waals surface area contributed by atoms with Gasteiger partial charge in [-0.2, -0.15) is 14.9 Å². The zero-order valence-electron chi connectivity index (χ0n) is 8.55. The fraction of sp³-hybridized carbons (Fsp3) is 0.111. The molecule has 0 amide bonds. The van der Waals surface area contributed by atoms with Crippen LogP contribution in [0.5, 0.6) is 0 Å². The number of nitrogens with two attached hydrogens (primary N) is 1. The maximum atomic E-state index is 5.76. The summed E-state index contributed by atoms with van der Waals surface area (Å²) in [5, 5.41) is 11.9. The number of nitrogen functional groups attached to an aromatic ring is 1. The SMILES string of the molecule is Cc1nn(-c2ncccn2)c2n[nH]c(N)c12. The van der Waals surface area contributed by atoms with Gasteiger partial charge in [-0.3, -0.25) is 5.10 Å². The minimum Gasteiger partial charge on any atom is -0.383 e. The molecule has 0 aliphatic rings. The van der Waals surface area contributed by atoms with Gasteiger partial charge in [0.1, 0.15) is 5.82 Å². The molecule has 16 heavy (non-hydrogen) atoms. The van der Waals surface area contributed by atoms with Crippen LogP contribution in [-0.4, -0.2) is 29.9 Å². The number of nitrogens with zero attached hydrogens (tertiary/aromatic N) is 5. The molecule has 0 unspecified atom stereocenters. The topological polar surface area (TPSA) is 98.3 Å². The predicted molar refractivity (Wildman–Crippen MR) is 58.0 cm³/mol. The summed E-state index contributed by atoms with van der Waals surface area (Å²) in [5.41, 5.74) is 7.20. The number of aromatic nitrogens is 6. The lowest BCUT2D eigenvalue weighted by molar-refractivity contribution is 0.804. The van der Waals surface area contributed by atoms with E-state index in [-0.39, 0.29) is 0 Å². The minimum atomic E-state index is 0.479. The van der Waals surface area contributed by atoms with Gasteiger partial charge < -0.3 is 5.73 Å². The van der Waals surface area contributed by atoms with Gasteiger partial charge in [-0.1, -0.05) is 0 Å². The second kappa shape index (κ2) is 3.02. The van der Waals surface area contributed by atoms with Crippen molar-refractivity contribution in [2.45, 2.75) is 6.92 Å². The average Bonchev–Trinajstić information content (AvgIpc) is 2.83. The van der Waals surface area contributed by atoms with Crippen LogP contribution >= 0.6 is 0 Å². The summed E-state index contributed by atoms with van der Waals surface area (Å²) in [5.74, 6) is 0.988. The van der Waals surface area contributed by atoms with Gasteiger partial charge in [-0.15, -0.1) is 0 Å². The van der Waals surface area contributed by atoms with Crippen molar-refractivity contribution in [3.05, 3.63) is 24.2 Å². The molecule has 0 fully saturated rings. The fourth-order valence-corrected chi connectivity index (χ4v) is 1.64. The van der Waals surface area contributed by atoms with Gasteiger partial charge >= 0.3 is 0 Å². The first kappa shape index (κ1) is 8.84. The Morgan fingerprint density at radius 3 is 2.81 bits per heavy atom. The molecule has 0 aliphatic carbocycles. The number of anilines is 1. The molecule has 7 heteroatoms. The molecule has 3 aromatic heterocycles. The molecule has 0 atom stereocenters. The average molecular weight is 215 g/mol. The fourth-order valence-electron chi connectivity index (χ4n) is 1.64. The third-order valence-corrected chi connectivity index (χ3v) is 2.33. The molecule has 0 aliphatic heterocycles. The zero-order valence-corrected chi connectivity index (χ0v) is 8.55. The second-order valence-electron chi connectivity index (χ2n) is 3.38. The van der Waals surface area contributed by atoms with Crippen LogP contribution < -0.4 is 5.73 Å². The molecule has 0 aromatic carbocycles. The van der Waals surface area contributed by atoms with E-state index in [1.165, 1.54) is 0 Å². The van der Waals surface area contributed by atoms with E-state index >= 15 is 0 Å². The highest BCUT2D eigenvalue weighted by Gasteiger charge is 2.15. The van der Waals surface area contributed by atoms with Crippen molar-refractivity contribution in [1.82, 2.24) is 29.9 Å². The van der Waals surface area contributed by atoms with Crippen LogP contribution in [0.3, 0.4) is 0 Å². The van der Waals surface area contributed by atoms with Crippen LogP contribution in [0.4, 0.5) is 5.82 Å². The first-order valence-electron chi connectivity index (χ1n) is 4.74. The molecule has 0 bridgehead atoms. The first-order valence-corrected chi connectivity index (χ1v) is 4.74. The third kappa shape index (κ3) is 1.08. The van der Waals surface area contributed by atoms with Crippen LogP contribution in [0.15, 0.2) is 18.5 Å². The zero-order chi connectivity index (χ0) is 11.1. The summed E-state index contributed by atoms with van der Waals surface area (Å²) in [7, 11) is 0. The van der Waals surface area contributed by atoms with Gasteiger partial charge in [0.05, 0.1) is 11.1 Å². The molecule has 80 valence electrons. The molecule has 0 saturated heterocycles.